The Balaban J connectivity index is 1.61. The van der Waals surface area contributed by atoms with Gasteiger partial charge in [-0.2, -0.15) is 0 Å². The molecule has 0 N–H and O–H groups in total. The van der Waals surface area contributed by atoms with Gasteiger partial charge >= 0.3 is 0 Å². The van der Waals surface area contributed by atoms with Crippen molar-refractivity contribution in [3.63, 3.8) is 0 Å². The molecular weight excluding hydrogens is 463 g/mol. The molecule has 2 heterocycles. The van der Waals surface area contributed by atoms with Gasteiger partial charge in [-0.25, -0.2) is 8.60 Å². The number of halogens is 1. The van der Waals surface area contributed by atoms with Gasteiger partial charge in [-0.15, -0.1) is 0 Å². The van der Waals surface area contributed by atoms with E-state index in [1.807, 2.05) is 4.90 Å². The van der Waals surface area contributed by atoms with Gasteiger partial charge in [-0.3, -0.25) is 9.59 Å². The van der Waals surface area contributed by atoms with Crippen molar-refractivity contribution in [3.8, 4) is 0 Å². The van der Waals surface area contributed by atoms with Gasteiger partial charge in [-0.1, -0.05) is 44.2 Å². The maximum Gasteiger partial charge on any atom is 0.259 e. The molecule has 2 aliphatic rings. The Bertz CT molecular complexity index is 1330. The lowest BCUT2D eigenvalue weighted by Crippen LogP contribution is -2.42. The van der Waals surface area contributed by atoms with Crippen LogP contribution in [0, 0.1) is 17.7 Å². The average Bonchev–Trinajstić information content (AvgIpc) is 2.93. The van der Waals surface area contributed by atoms with Crippen LogP contribution in [-0.4, -0.2) is 34.0 Å². The summed E-state index contributed by atoms with van der Waals surface area (Å²) in [7, 11) is -1.63. The molecular formula is C28H27FN2O3S. The molecule has 180 valence electrons. The molecule has 35 heavy (non-hydrogen) atoms. The summed E-state index contributed by atoms with van der Waals surface area (Å²) in [6, 6.07) is 18.1. The first kappa shape index (κ1) is 23.4. The maximum atomic E-state index is 14.6. The van der Waals surface area contributed by atoms with Crippen LogP contribution < -0.4 is 4.90 Å². The van der Waals surface area contributed by atoms with Crippen LogP contribution in [0.15, 0.2) is 76.5 Å². The number of hydrogen-bond acceptors (Lipinski definition) is 3. The van der Waals surface area contributed by atoms with Gasteiger partial charge < -0.3 is 9.80 Å². The number of carbonyl (C=O) groups is 2. The van der Waals surface area contributed by atoms with E-state index in [4.69, 9.17) is 0 Å². The molecule has 0 radical (unpaired) electrons. The third-order valence-corrected chi connectivity index (χ3v) is 8.20. The van der Waals surface area contributed by atoms with Crippen LogP contribution in [0.3, 0.4) is 0 Å². The molecule has 3 aromatic carbocycles. The molecule has 2 amide bonds. The molecule has 5 rings (SSSR count). The van der Waals surface area contributed by atoms with Crippen molar-refractivity contribution in [1.82, 2.24) is 4.90 Å². The molecule has 0 aliphatic carbocycles. The number of anilines is 1. The Morgan fingerprint density at radius 1 is 0.971 bits per heavy atom. The number of rotatable bonds is 3. The Morgan fingerprint density at radius 3 is 2.40 bits per heavy atom. The number of piperidine rings is 1. The van der Waals surface area contributed by atoms with Gasteiger partial charge in [0.1, 0.15) is 5.82 Å². The highest BCUT2D eigenvalue weighted by Crippen LogP contribution is 2.36. The van der Waals surface area contributed by atoms with Crippen LogP contribution in [0.1, 0.15) is 46.5 Å². The van der Waals surface area contributed by atoms with E-state index in [-0.39, 0.29) is 18.4 Å². The zero-order chi connectivity index (χ0) is 24.7. The van der Waals surface area contributed by atoms with E-state index < -0.39 is 16.6 Å². The summed E-state index contributed by atoms with van der Waals surface area (Å²) in [4.78, 5) is 31.3. The van der Waals surface area contributed by atoms with E-state index in [0.29, 0.717) is 57.1 Å². The lowest BCUT2D eigenvalue weighted by Gasteiger charge is -2.35. The minimum absolute atomic E-state index is 0.0422. The lowest BCUT2D eigenvalue weighted by atomic mass is 9.91. The van der Waals surface area contributed by atoms with Crippen LogP contribution in [0.2, 0.25) is 0 Å². The molecule has 3 aromatic rings. The number of fused-ring (bicyclic) bond motifs is 2. The fourth-order valence-corrected chi connectivity index (χ4v) is 6.51. The lowest BCUT2D eigenvalue weighted by molar-refractivity contribution is 0.0623. The van der Waals surface area contributed by atoms with Gasteiger partial charge in [0.15, 0.2) is 0 Å². The molecule has 0 unspecified atom stereocenters. The smallest absolute Gasteiger partial charge is 0.259 e. The largest absolute Gasteiger partial charge is 0.338 e. The highest BCUT2D eigenvalue weighted by Gasteiger charge is 2.33. The fraction of sp³-hybridized carbons (Fsp3) is 0.286. The molecule has 0 bridgehead atoms. The number of benzene rings is 3. The van der Waals surface area contributed by atoms with Crippen molar-refractivity contribution >= 4 is 28.3 Å². The van der Waals surface area contributed by atoms with Crippen LogP contribution in [-0.2, 0) is 17.3 Å². The van der Waals surface area contributed by atoms with Gasteiger partial charge in [0, 0.05) is 24.2 Å². The number of amides is 2. The van der Waals surface area contributed by atoms with Gasteiger partial charge in [0.25, 0.3) is 11.8 Å². The van der Waals surface area contributed by atoms with Crippen LogP contribution >= 0.6 is 0 Å². The van der Waals surface area contributed by atoms with Crippen LogP contribution in [0.4, 0.5) is 10.1 Å². The second-order valence-electron chi connectivity index (χ2n) is 9.59. The molecule has 0 saturated carbocycles. The summed E-state index contributed by atoms with van der Waals surface area (Å²) >= 11 is 0. The number of hydrogen-bond donors (Lipinski definition) is 0. The topological polar surface area (TPSA) is 57.7 Å². The SMILES string of the molecule is C[C@@H]1C[C@H](C)CN(C(=O)c2ccc3c(c2)N(Cc2ccccc2F)C(=O)c2ccccc2[S@@]3=O)C1. The molecule has 5 nitrogen and oxygen atoms in total. The molecule has 1 fully saturated rings. The zero-order valence-corrected chi connectivity index (χ0v) is 20.6. The van der Waals surface area contributed by atoms with E-state index in [2.05, 4.69) is 13.8 Å². The van der Waals surface area contributed by atoms with Gasteiger partial charge in [-0.05, 0) is 54.7 Å². The van der Waals surface area contributed by atoms with E-state index in [1.165, 1.54) is 11.0 Å². The summed E-state index contributed by atoms with van der Waals surface area (Å²) in [6.45, 7) is 5.59. The number of likely N-dealkylation sites (tertiary alicyclic amines) is 1. The predicted molar refractivity (Wildman–Crippen MR) is 133 cm³/mol. The fourth-order valence-electron chi connectivity index (χ4n) is 5.16. The van der Waals surface area contributed by atoms with Crippen LogP contribution in [0.25, 0.3) is 0 Å². The Morgan fingerprint density at radius 2 is 1.66 bits per heavy atom. The third-order valence-electron chi connectivity index (χ3n) is 6.70. The van der Waals surface area contributed by atoms with Gasteiger partial charge in [0.2, 0.25) is 0 Å². The predicted octanol–water partition coefficient (Wildman–Crippen LogP) is 5.27. The molecule has 0 aromatic heterocycles. The number of carbonyl (C=O) groups excluding carboxylic acids is 2. The molecule has 7 heteroatoms. The Hall–Kier alpha value is -3.32. The molecule has 3 atom stereocenters. The average molecular weight is 491 g/mol. The first-order valence-electron chi connectivity index (χ1n) is 11.8. The van der Waals surface area contributed by atoms with Gasteiger partial charge in [0.05, 0.1) is 38.4 Å². The minimum Gasteiger partial charge on any atom is -0.338 e. The van der Waals surface area contributed by atoms with E-state index in [9.17, 15) is 18.2 Å². The van der Waals surface area contributed by atoms with Crippen molar-refractivity contribution in [2.45, 2.75) is 36.6 Å². The second kappa shape index (κ2) is 9.38. The summed E-state index contributed by atoms with van der Waals surface area (Å²) in [5.74, 6) is -0.101. The van der Waals surface area contributed by atoms with Crippen molar-refractivity contribution in [2.24, 2.45) is 11.8 Å². The molecule has 0 spiro atoms. The number of nitrogens with zero attached hydrogens (tertiary/aromatic N) is 2. The summed E-state index contributed by atoms with van der Waals surface area (Å²) in [5.41, 5.74) is 1.45. The maximum absolute atomic E-state index is 14.6. The summed E-state index contributed by atoms with van der Waals surface area (Å²) in [6.07, 6.45) is 1.08. The highest BCUT2D eigenvalue weighted by molar-refractivity contribution is 7.85. The van der Waals surface area contributed by atoms with E-state index in [1.54, 1.807) is 60.7 Å². The Kier molecular flexibility index (Phi) is 6.28. The van der Waals surface area contributed by atoms with E-state index >= 15 is 0 Å². The third kappa shape index (κ3) is 4.41. The summed E-state index contributed by atoms with van der Waals surface area (Å²) < 4.78 is 28.2. The van der Waals surface area contributed by atoms with Crippen molar-refractivity contribution in [2.75, 3.05) is 18.0 Å². The van der Waals surface area contributed by atoms with Crippen LogP contribution in [0.5, 0.6) is 0 Å². The highest BCUT2D eigenvalue weighted by atomic mass is 32.2. The molecule has 2 aliphatic heterocycles. The standard InChI is InChI=1S/C28H27FN2O3S/c1-18-13-19(2)16-30(15-18)27(32)20-11-12-26-24(14-20)31(17-21-7-3-5-9-23(21)29)28(33)22-8-4-6-10-25(22)35(26)34/h3-12,14,18-19H,13,15-17H2,1-2H3/t18-,19+,35-/m0/s1. The minimum atomic E-state index is -1.63. The first-order valence-corrected chi connectivity index (χ1v) is 13.0. The van der Waals surface area contributed by atoms with Crippen molar-refractivity contribution < 1.29 is 18.2 Å². The monoisotopic (exact) mass is 490 g/mol. The quantitative estimate of drug-likeness (QED) is 0.503. The van der Waals surface area contributed by atoms with E-state index in [0.717, 1.165) is 6.42 Å². The second-order valence-corrected chi connectivity index (χ2v) is 11.0. The molecule has 1 saturated heterocycles. The van der Waals surface area contributed by atoms with Crippen molar-refractivity contribution in [1.29, 1.82) is 0 Å². The normalized spacial score (nSPS) is 21.8. The Labute approximate surface area is 207 Å². The van der Waals surface area contributed by atoms with Crippen molar-refractivity contribution in [3.05, 3.63) is 89.2 Å². The zero-order valence-electron chi connectivity index (χ0n) is 19.7. The summed E-state index contributed by atoms with van der Waals surface area (Å²) in [5, 5.41) is 0. The first-order chi connectivity index (χ1) is 16.8.